The summed E-state index contributed by atoms with van der Waals surface area (Å²) >= 11 is 0. The lowest BCUT2D eigenvalue weighted by Crippen LogP contribution is -3.27. The minimum atomic E-state index is 0.836. The summed E-state index contributed by atoms with van der Waals surface area (Å²) in [4.78, 5) is 0. The topological polar surface area (TPSA) is 0 Å². The zero-order chi connectivity index (χ0) is 30.5. The molecule has 258 valence electrons. The predicted octanol–water partition coefficient (Wildman–Crippen LogP) is 7.30. The third-order valence-electron chi connectivity index (χ3n) is 37.2. The van der Waals surface area contributed by atoms with Gasteiger partial charge in [-0.05, 0) is 300 Å². The van der Waals surface area contributed by atoms with Gasteiger partial charge in [0.05, 0.1) is 0 Å². The molecule has 52 heavy (non-hydrogen) atoms. The van der Waals surface area contributed by atoms with Gasteiger partial charge in [-0.2, -0.15) is 0 Å². The molecule has 0 aromatic heterocycles. The molecule has 0 radical (unpaired) electrons. The van der Waals surface area contributed by atoms with Crippen LogP contribution < -0.4 is 0 Å². The normalized spacial score (nSPS) is 112. The summed E-state index contributed by atoms with van der Waals surface area (Å²) in [5.41, 5.74) is 11.0. The number of rotatable bonds is 0. The van der Waals surface area contributed by atoms with Crippen LogP contribution in [0.2, 0.25) is 0 Å². The zero-order valence-electron chi connectivity index (χ0n) is 30.5. The van der Waals surface area contributed by atoms with E-state index in [2.05, 4.69) is 6.92 Å². The molecule has 0 nitrogen and oxygen atoms in total. The molecule has 0 aromatic carbocycles. The summed E-state index contributed by atoms with van der Waals surface area (Å²) in [6.07, 6.45) is 12.7. The monoisotopic (exact) mass is 674 g/mol. The summed E-state index contributed by atoms with van der Waals surface area (Å²) in [5, 5.41) is 0. The van der Waals surface area contributed by atoms with Gasteiger partial charge in [0.2, 0.25) is 0 Å². The van der Waals surface area contributed by atoms with Crippen molar-refractivity contribution in [3.8, 4) is 0 Å². The number of fused-ring (bicyclic) bond motifs is 34. The van der Waals surface area contributed by atoms with Crippen LogP contribution in [0.3, 0.4) is 0 Å². The summed E-state index contributed by atoms with van der Waals surface area (Å²) in [7, 11) is 0. The molecule has 27 aliphatic carbocycles. The van der Waals surface area contributed by atoms with E-state index in [1.807, 2.05) is 25.7 Å². The zero-order valence-corrected chi connectivity index (χ0v) is 30.5. The SMILES string of the molecule is CC12CC3CC4C5C6C7C8C9C7C6C5C34C1C13CC4CC56C(C7C%10C%11C%12CC%13C%14C%15C%16C%17CC%18C%19C8C9C%19C%18%17C%16C%15C%148C9C%14CC75C%14%10C%119C%13%128)C(C21)C436. The maximum absolute atomic E-state index is 3.06. The molecule has 27 fully saturated rings. The third kappa shape index (κ3) is 0.863. The maximum Gasteiger partial charge on any atom is -0.00912 e. The van der Waals surface area contributed by atoms with E-state index in [9.17, 15) is 0 Å². The largest absolute Gasteiger partial charge is 0.0590 e. The van der Waals surface area contributed by atoms with Crippen molar-refractivity contribution >= 4 is 0 Å². The molecule has 0 saturated heterocycles. The minimum absolute atomic E-state index is 0.836. The summed E-state index contributed by atoms with van der Waals surface area (Å²) < 4.78 is 0. The van der Waals surface area contributed by atoms with Gasteiger partial charge in [-0.15, -0.1) is 0 Å². The predicted molar refractivity (Wildman–Crippen MR) is 180 cm³/mol. The van der Waals surface area contributed by atoms with Crippen LogP contribution in [0.25, 0.3) is 0 Å². The van der Waals surface area contributed by atoms with Crippen LogP contribution in [0.1, 0.15) is 51.9 Å². The van der Waals surface area contributed by atoms with Gasteiger partial charge in [-0.25, -0.2) is 0 Å². The Balaban J connectivity index is 0.723. The van der Waals surface area contributed by atoms with E-state index in [0.29, 0.717) is 0 Å². The molecule has 27 saturated carbocycles. The number of hydrogen-bond acceptors (Lipinski definition) is 0. The van der Waals surface area contributed by atoms with Gasteiger partial charge in [-0.3, -0.25) is 0 Å². The van der Waals surface area contributed by atoms with Crippen molar-refractivity contribution in [2.45, 2.75) is 51.9 Å². The molecule has 0 heterocycles. The van der Waals surface area contributed by atoms with E-state index < -0.39 is 0 Å². The van der Waals surface area contributed by atoms with Crippen molar-refractivity contribution < 1.29 is 0 Å². The second kappa shape index (κ2) is 4.31. The molecule has 0 aliphatic heterocycles. The lowest BCUT2D eigenvalue weighted by molar-refractivity contribution is -0.844. The summed E-state index contributed by atoms with van der Waals surface area (Å²) in [6, 6.07) is 0. The lowest BCUT2D eigenvalue weighted by Gasteiger charge is -3.30. The van der Waals surface area contributed by atoms with E-state index in [1.54, 1.807) is 19.3 Å². The number of hydrogen-bond donors (Lipinski definition) is 0. The van der Waals surface area contributed by atoms with Crippen molar-refractivity contribution in [3.05, 3.63) is 0 Å². The third-order valence-corrected chi connectivity index (χ3v) is 37.2. The lowest BCUT2D eigenvalue weighted by atomic mass is 8.73. The molecule has 44 unspecified atom stereocenters. The minimum Gasteiger partial charge on any atom is -0.0590 e. The Morgan fingerprint density at radius 1 is 0.365 bits per heavy atom. The fraction of sp³-hybridized carbons (Fsp3) is 1.00. The first kappa shape index (κ1) is 21.7. The van der Waals surface area contributed by atoms with E-state index in [-0.39, 0.29) is 0 Å². The van der Waals surface area contributed by atoms with E-state index in [4.69, 9.17) is 0 Å². The van der Waals surface area contributed by atoms with Crippen LogP contribution in [0.4, 0.5) is 0 Å². The van der Waals surface area contributed by atoms with E-state index in [1.165, 1.54) is 195 Å². The highest BCUT2D eigenvalue weighted by atomic mass is 15.3. The van der Waals surface area contributed by atoms with Crippen molar-refractivity contribution in [2.24, 2.45) is 255 Å². The summed E-state index contributed by atoms with van der Waals surface area (Å²) in [5.74, 6) is 43.5. The van der Waals surface area contributed by atoms with Gasteiger partial charge in [0.15, 0.2) is 0 Å². The quantitative estimate of drug-likeness (QED) is 0.237. The van der Waals surface area contributed by atoms with Gasteiger partial charge < -0.3 is 0 Å². The van der Waals surface area contributed by atoms with Crippen LogP contribution in [-0.4, -0.2) is 0 Å². The Morgan fingerprint density at radius 2 is 1.06 bits per heavy atom. The van der Waals surface area contributed by atoms with Crippen LogP contribution in [0, 0.1) is 255 Å². The van der Waals surface area contributed by atoms with Gasteiger partial charge >= 0.3 is 0 Å². The van der Waals surface area contributed by atoms with Crippen LogP contribution in [0.5, 0.6) is 0 Å². The molecule has 0 N–H and O–H groups in total. The van der Waals surface area contributed by atoms with Gasteiger partial charge in [0.1, 0.15) is 0 Å². The Labute approximate surface area is 305 Å². The standard InChI is InChI=1S/C52H50/c1-42-5-9-2-11-17-20-22-23-21-18-12-3-13-19-28-29-14-4-15-30-37-35-36-38-40(42)43-6-10-7-44(36,49(10,38)43)45(35)8-16-39-48(29,50(14,15)52(30,39)51(16,37)45)34(28)33(19)47(12,13)32(18)27(21)25(23)24(22)26(20)31(17)46(9,11)41(42)43/h9-41H,2-8H2,1H3. The average Bonchev–Trinajstić information content (AvgIpc) is 3.22. The van der Waals surface area contributed by atoms with Gasteiger partial charge in [-0.1, -0.05) is 6.92 Å². The molecule has 0 aromatic rings. The highest BCUT2D eigenvalue weighted by molar-refractivity contribution is 5.75. The van der Waals surface area contributed by atoms with E-state index in [0.717, 1.165) is 59.6 Å². The first-order chi connectivity index (χ1) is 25.6. The Kier molecular flexibility index (Phi) is 1.80. The summed E-state index contributed by atoms with van der Waals surface area (Å²) in [6.45, 7) is 3.06. The maximum atomic E-state index is 3.06. The van der Waals surface area contributed by atoms with Crippen molar-refractivity contribution in [1.29, 1.82) is 0 Å². The van der Waals surface area contributed by atoms with Crippen molar-refractivity contribution in [2.75, 3.05) is 0 Å². The first-order valence-corrected chi connectivity index (χ1v) is 25.6. The Hall–Kier alpha value is 0. The Bertz CT molecular complexity index is 2550. The van der Waals surface area contributed by atoms with Gasteiger partial charge in [0.25, 0.3) is 0 Å². The molecule has 10 spiro atoms. The van der Waals surface area contributed by atoms with Crippen molar-refractivity contribution in [3.63, 3.8) is 0 Å². The highest BCUT2D eigenvalue weighted by Crippen LogP contribution is 3.32. The second-order valence-electron chi connectivity index (χ2n) is 31.0. The average molecular weight is 675 g/mol. The van der Waals surface area contributed by atoms with Crippen molar-refractivity contribution in [1.82, 2.24) is 0 Å². The molecule has 0 amide bonds. The van der Waals surface area contributed by atoms with Gasteiger partial charge in [0, 0.05) is 0 Å². The molecule has 27 aliphatic rings. The van der Waals surface area contributed by atoms with Crippen LogP contribution in [-0.2, 0) is 0 Å². The molecule has 0 heteroatoms. The Morgan fingerprint density at radius 3 is 1.90 bits per heavy atom. The van der Waals surface area contributed by atoms with Crippen LogP contribution >= 0.6 is 0 Å². The highest BCUT2D eigenvalue weighted by Gasteiger charge is 3.29. The fourth-order valence-corrected chi connectivity index (χ4v) is 41.8. The fourth-order valence-electron chi connectivity index (χ4n) is 41.8. The van der Waals surface area contributed by atoms with Crippen LogP contribution in [0.15, 0.2) is 0 Å². The molecule has 0 bridgehead atoms. The first-order valence-electron chi connectivity index (χ1n) is 25.6. The molecule has 27 rings (SSSR count). The second-order valence-corrected chi connectivity index (χ2v) is 31.0. The molecular formula is C52H50. The van der Waals surface area contributed by atoms with E-state index >= 15 is 0 Å². The molecular weight excluding hydrogens is 625 g/mol. The molecule has 44 atom stereocenters. The smallest absolute Gasteiger partial charge is 0.00912 e.